The first kappa shape index (κ1) is 14.8. The number of nitrogens with zero attached hydrogens (tertiary/aromatic N) is 3. The van der Waals surface area contributed by atoms with Gasteiger partial charge in [0.05, 0.1) is 12.6 Å². The van der Waals surface area contributed by atoms with Crippen molar-refractivity contribution in [3.05, 3.63) is 18.2 Å². The van der Waals surface area contributed by atoms with E-state index >= 15 is 0 Å². The first-order valence-corrected chi connectivity index (χ1v) is 7.44. The molecule has 120 valence electrons. The van der Waals surface area contributed by atoms with Crippen LogP contribution in [-0.4, -0.2) is 58.4 Å². The molecule has 3 heterocycles. The first-order chi connectivity index (χ1) is 10.6. The number of cyclic esters (lactones) is 1. The predicted octanol–water partition coefficient (Wildman–Crippen LogP) is 0.0361. The van der Waals surface area contributed by atoms with Crippen molar-refractivity contribution in [1.82, 2.24) is 19.8 Å². The van der Waals surface area contributed by atoms with Gasteiger partial charge in [-0.15, -0.1) is 0 Å². The van der Waals surface area contributed by atoms with Crippen molar-refractivity contribution in [3.8, 4) is 0 Å². The summed E-state index contributed by atoms with van der Waals surface area (Å²) in [6.45, 7) is 1.54. The van der Waals surface area contributed by atoms with Gasteiger partial charge in [0.25, 0.3) is 0 Å². The van der Waals surface area contributed by atoms with E-state index in [1.54, 1.807) is 12.4 Å². The Bertz CT molecular complexity index is 553. The highest BCUT2D eigenvalue weighted by atomic mass is 16.6. The predicted molar refractivity (Wildman–Crippen MR) is 75.9 cm³/mol. The molecule has 2 aliphatic heterocycles. The normalized spacial score (nSPS) is 24.6. The lowest BCUT2D eigenvalue weighted by Gasteiger charge is -2.21. The van der Waals surface area contributed by atoms with Gasteiger partial charge in [-0.05, 0) is 12.8 Å². The van der Waals surface area contributed by atoms with Crippen LogP contribution in [-0.2, 0) is 27.9 Å². The number of aromatic nitrogens is 2. The average Bonchev–Trinajstić information content (AvgIpc) is 3.22. The minimum absolute atomic E-state index is 0.0701. The SMILES string of the molecule is Cn1ccnc1CN1C(=O)OC[C@H]1C(=O)NCC1CCCO1. The Morgan fingerprint density at radius 1 is 1.55 bits per heavy atom. The van der Waals surface area contributed by atoms with Crippen LogP contribution in [0.4, 0.5) is 4.79 Å². The number of carbonyl (C=O) groups excluding carboxylic acids is 2. The summed E-state index contributed by atoms with van der Waals surface area (Å²) in [6, 6.07) is -0.620. The zero-order valence-corrected chi connectivity index (χ0v) is 12.5. The van der Waals surface area contributed by atoms with Crippen molar-refractivity contribution in [2.24, 2.45) is 7.05 Å². The summed E-state index contributed by atoms with van der Waals surface area (Å²) >= 11 is 0. The maximum absolute atomic E-state index is 12.3. The van der Waals surface area contributed by atoms with Gasteiger partial charge in [-0.3, -0.25) is 9.69 Å². The smallest absolute Gasteiger partial charge is 0.411 e. The van der Waals surface area contributed by atoms with Gasteiger partial charge in [0.1, 0.15) is 18.5 Å². The summed E-state index contributed by atoms with van der Waals surface area (Å²) in [5.41, 5.74) is 0. The average molecular weight is 308 g/mol. The Morgan fingerprint density at radius 2 is 2.41 bits per heavy atom. The van der Waals surface area contributed by atoms with Crippen molar-refractivity contribution in [2.45, 2.75) is 31.5 Å². The van der Waals surface area contributed by atoms with Crippen LogP contribution in [0, 0.1) is 0 Å². The molecule has 2 aliphatic rings. The molecule has 1 unspecified atom stereocenters. The number of rotatable bonds is 5. The Morgan fingerprint density at radius 3 is 3.09 bits per heavy atom. The molecule has 0 bridgehead atoms. The summed E-state index contributed by atoms with van der Waals surface area (Å²) in [7, 11) is 1.84. The van der Waals surface area contributed by atoms with Gasteiger partial charge >= 0.3 is 6.09 Å². The Balaban J connectivity index is 1.59. The highest BCUT2D eigenvalue weighted by Crippen LogP contribution is 2.16. The van der Waals surface area contributed by atoms with E-state index in [2.05, 4.69) is 10.3 Å². The molecule has 3 rings (SSSR count). The third-order valence-corrected chi connectivity index (χ3v) is 4.04. The number of nitrogens with one attached hydrogen (secondary N) is 1. The number of ether oxygens (including phenoxy) is 2. The quantitative estimate of drug-likeness (QED) is 0.830. The van der Waals surface area contributed by atoms with Gasteiger partial charge in [-0.2, -0.15) is 0 Å². The highest BCUT2D eigenvalue weighted by molar-refractivity contribution is 5.87. The zero-order chi connectivity index (χ0) is 15.5. The van der Waals surface area contributed by atoms with Crippen LogP contribution in [0.15, 0.2) is 12.4 Å². The molecule has 0 aliphatic carbocycles. The standard InChI is InChI=1S/C14H20N4O4/c1-17-5-4-15-12(17)8-18-11(9-22-14(18)20)13(19)16-7-10-3-2-6-21-10/h4-5,10-11H,2-3,6-9H2,1H3,(H,16,19)/t10?,11-/m0/s1. The maximum atomic E-state index is 12.3. The molecule has 1 aromatic heterocycles. The number of hydrogen-bond acceptors (Lipinski definition) is 5. The van der Waals surface area contributed by atoms with Crippen LogP contribution in [0.2, 0.25) is 0 Å². The van der Waals surface area contributed by atoms with Gasteiger partial charge in [-0.1, -0.05) is 0 Å². The molecule has 2 fully saturated rings. The number of aryl methyl sites for hydroxylation is 1. The maximum Gasteiger partial charge on any atom is 0.411 e. The van der Waals surface area contributed by atoms with Crippen LogP contribution < -0.4 is 5.32 Å². The number of imidazole rings is 1. The van der Waals surface area contributed by atoms with Crippen LogP contribution in [0.25, 0.3) is 0 Å². The topological polar surface area (TPSA) is 85.7 Å². The fourth-order valence-corrected chi connectivity index (χ4v) is 2.68. The molecular formula is C14H20N4O4. The second kappa shape index (κ2) is 6.35. The van der Waals surface area contributed by atoms with E-state index in [0.717, 1.165) is 19.4 Å². The number of hydrogen-bond donors (Lipinski definition) is 1. The molecule has 2 atom stereocenters. The van der Waals surface area contributed by atoms with E-state index in [-0.39, 0.29) is 25.2 Å². The van der Waals surface area contributed by atoms with E-state index in [1.165, 1.54) is 4.90 Å². The lowest BCUT2D eigenvalue weighted by atomic mass is 10.2. The van der Waals surface area contributed by atoms with E-state index in [0.29, 0.717) is 12.4 Å². The first-order valence-electron chi connectivity index (χ1n) is 7.44. The Hall–Kier alpha value is -2.09. The van der Waals surface area contributed by atoms with E-state index in [4.69, 9.17) is 9.47 Å². The highest BCUT2D eigenvalue weighted by Gasteiger charge is 2.38. The Kier molecular flexibility index (Phi) is 4.28. The van der Waals surface area contributed by atoms with Crippen LogP contribution in [0.3, 0.4) is 0 Å². The van der Waals surface area contributed by atoms with Gasteiger partial charge in [0, 0.05) is 32.6 Å². The van der Waals surface area contributed by atoms with Crippen molar-refractivity contribution >= 4 is 12.0 Å². The van der Waals surface area contributed by atoms with Gasteiger partial charge in [-0.25, -0.2) is 9.78 Å². The second-order valence-corrected chi connectivity index (χ2v) is 5.56. The second-order valence-electron chi connectivity index (χ2n) is 5.56. The molecule has 0 saturated carbocycles. The number of carbonyl (C=O) groups is 2. The summed E-state index contributed by atoms with van der Waals surface area (Å²) in [4.78, 5) is 29.7. The minimum Gasteiger partial charge on any atom is -0.447 e. The number of amides is 2. The van der Waals surface area contributed by atoms with Gasteiger partial charge in [0.2, 0.25) is 5.91 Å². The van der Waals surface area contributed by atoms with Crippen LogP contribution >= 0.6 is 0 Å². The third-order valence-electron chi connectivity index (χ3n) is 4.04. The van der Waals surface area contributed by atoms with Gasteiger partial charge in [0.15, 0.2) is 0 Å². The molecule has 0 aromatic carbocycles. The summed E-state index contributed by atoms with van der Waals surface area (Å²) < 4.78 is 12.3. The van der Waals surface area contributed by atoms with E-state index < -0.39 is 12.1 Å². The van der Waals surface area contributed by atoms with Crippen molar-refractivity contribution < 1.29 is 19.1 Å². The molecule has 1 aromatic rings. The molecule has 0 radical (unpaired) electrons. The molecule has 8 heteroatoms. The minimum atomic E-state index is -0.620. The molecule has 8 nitrogen and oxygen atoms in total. The molecule has 22 heavy (non-hydrogen) atoms. The fraction of sp³-hybridized carbons (Fsp3) is 0.643. The largest absolute Gasteiger partial charge is 0.447 e. The molecule has 0 spiro atoms. The zero-order valence-electron chi connectivity index (χ0n) is 12.5. The third kappa shape index (κ3) is 3.06. The summed E-state index contributed by atoms with van der Waals surface area (Å²) in [6.07, 6.45) is 5.02. The van der Waals surface area contributed by atoms with Crippen molar-refractivity contribution in [3.63, 3.8) is 0 Å². The molecule has 2 amide bonds. The fourth-order valence-electron chi connectivity index (χ4n) is 2.68. The molecular weight excluding hydrogens is 288 g/mol. The lowest BCUT2D eigenvalue weighted by molar-refractivity contribution is -0.125. The summed E-state index contributed by atoms with van der Waals surface area (Å²) in [5.74, 6) is 0.492. The summed E-state index contributed by atoms with van der Waals surface area (Å²) in [5, 5.41) is 2.85. The van der Waals surface area contributed by atoms with E-state index in [1.807, 2.05) is 11.6 Å². The van der Waals surface area contributed by atoms with Crippen LogP contribution in [0.1, 0.15) is 18.7 Å². The lowest BCUT2D eigenvalue weighted by Crippen LogP contribution is -2.47. The molecule has 2 saturated heterocycles. The van der Waals surface area contributed by atoms with E-state index in [9.17, 15) is 9.59 Å². The molecule has 1 N–H and O–H groups in total. The van der Waals surface area contributed by atoms with Gasteiger partial charge < -0.3 is 19.4 Å². The van der Waals surface area contributed by atoms with Crippen molar-refractivity contribution in [1.29, 1.82) is 0 Å². The Labute approximate surface area is 128 Å². The van der Waals surface area contributed by atoms with Crippen molar-refractivity contribution in [2.75, 3.05) is 19.8 Å². The van der Waals surface area contributed by atoms with Crippen LogP contribution in [0.5, 0.6) is 0 Å². The monoisotopic (exact) mass is 308 g/mol.